The zero-order valence-corrected chi connectivity index (χ0v) is 21.8. The molecule has 6 rings (SSSR count). The van der Waals surface area contributed by atoms with E-state index in [0.29, 0.717) is 36.5 Å². The third-order valence-corrected chi connectivity index (χ3v) is 9.40. The van der Waals surface area contributed by atoms with Crippen molar-refractivity contribution in [1.82, 2.24) is 19.6 Å². The molecule has 12 heteroatoms. The molecule has 0 atom stereocenters. The van der Waals surface area contributed by atoms with Crippen LogP contribution in [-0.2, 0) is 16.6 Å². The van der Waals surface area contributed by atoms with E-state index < -0.39 is 15.8 Å². The van der Waals surface area contributed by atoms with E-state index in [-0.39, 0.29) is 23.6 Å². The number of ether oxygens (including phenoxy) is 1. The minimum Gasteiger partial charge on any atom is -0.453 e. The van der Waals surface area contributed by atoms with E-state index in [1.165, 1.54) is 27.8 Å². The number of thiophene rings is 1. The summed E-state index contributed by atoms with van der Waals surface area (Å²) in [7, 11) is -3.17. The van der Waals surface area contributed by atoms with Crippen molar-refractivity contribution in [3.8, 4) is 22.1 Å². The number of carbonyl (C=O) groups excluding carboxylic acids is 1. The number of hydrogen-bond acceptors (Lipinski definition) is 7. The summed E-state index contributed by atoms with van der Waals surface area (Å²) in [6.07, 6.45) is 5.86. The SMILES string of the molecule is O=C(Nc1ccc(Oc2ccnc3cc(-c4ccc(CN5CCCS5(=O)=O)cn4)sc23)c(F)c1)NC1CC1. The second-order valence-corrected chi connectivity index (χ2v) is 12.4. The van der Waals surface area contributed by atoms with Gasteiger partial charge in [0.1, 0.15) is 5.75 Å². The van der Waals surface area contributed by atoms with Crippen LogP contribution >= 0.6 is 11.3 Å². The lowest BCUT2D eigenvalue weighted by atomic mass is 10.2. The minimum atomic E-state index is -3.17. The van der Waals surface area contributed by atoms with Gasteiger partial charge in [-0.15, -0.1) is 11.3 Å². The normalized spacial score (nSPS) is 17.0. The molecule has 3 aromatic heterocycles. The van der Waals surface area contributed by atoms with E-state index in [9.17, 15) is 17.6 Å². The molecule has 4 heterocycles. The predicted molar refractivity (Wildman–Crippen MR) is 143 cm³/mol. The molecule has 196 valence electrons. The average Bonchev–Trinajstić information content (AvgIpc) is 3.47. The molecule has 2 amide bonds. The van der Waals surface area contributed by atoms with E-state index in [1.807, 2.05) is 18.2 Å². The van der Waals surface area contributed by atoms with E-state index in [4.69, 9.17) is 4.74 Å². The van der Waals surface area contributed by atoms with Crippen molar-refractivity contribution < 1.29 is 22.3 Å². The maximum atomic E-state index is 14.8. The second kappa shape index (κ2) is 9.93. The van der Waals surface area contributed by atoms with E-state index in [2.05, 4.69) is 20.6 Å². The number of aromatic nitrogens is 2. The summed E-state index contributed by atoms with van der Waals surface area (Å²) in [5.74, 6) is 0.0709. The molecular formula is C26H24FN5O4S2. The number of amides is 2. The largest absolute Gasteiger partial charge is 0.453 e. The molecular weight excluding hydrogens is 529 g/mol. The fraction of sp³-hybridized carbons (Fsp3) is 0.269. The van der Waals surface area contributed by atoms with Crippen LogP contribution in [0.2, 0.25) is 0 Å². The summed E-state index contributed by atoms with van der Waals surface area (Å²) >= 11 is 1.42. The van der Waals surface area contributed by atoms with Gasteiger partial charge in [-0.05, 0) is 49.1 Å². The van der Waals surface area contributed by atoms with Crippen LogP contribution in [-0.4, -0.2) is 47.1 Å². The van der Waals surface area contributed by atoms with Crippen molar-refractivity contribution in [3.05, 3.63) is 66.2 Å². The highest BCUT2D eigenvalue weighted by Crippen LogP contribution is 2.39. The Bertz CT molecular complexity index is 1620. The van der Waals surface area contributed by atoms with Crippen molar-refractivity contribution in [3.63, 3.8) is 0 Å². The fourth-order valence-electron chi connectivity index (χ4n) is 4.22. The van der Waals surface area contributed by atoms with E-state index in [1.54, 1.807) is 24.5 Å². The molecule has 1 saturated carbocycles. The van der Waals surface area contributed by atoms with Crippen molar-refractivity contribution in [2.24, 2.45) is 0 Å². The molecule has 1 aromatic carbocycles. The Morgan fingerprint density at radius 2 is 2.00 bits per heavy atom. The quantitative estimate of drug-likeness (QED) is 0.329. The number of rotatable bonds is 7. The molecule has 2 N–H and O–H groups in total. The Morgan fingerprint density at radius 3 is 2.71 bits per heavy atom. The van der Waals surface area contributed by atoms with E-state index >= 15 is 0 Å². The van der Waals surface area contributed by atoms with E-state index in [0.717, 1.165) is 33.7 Å². The van der Waals surface area contributed by atoms with Crippen LogP contribution < -0.4 is 15.4 Å². The maximum Gasteiger partial charge on any atom is 0.319 e. The molecule has 2 aliphatic rings. The topological polar surface area (TPSA) is 114 Å². The van der Waals surface area contributed by atoms with Crippen LogP contribution in [0.1, 0.15) is 24.8 Å². The number of nitrogens with zero attached hydrogens (tertiary/aromatic N) is 3. The fourth-order valence-corrected chi connectivity index (χ4v) is 6.77. The molecule has 4 aromatic rings. The van der Waals surface area contributed by atoms with Gasteiger partial charge in [0.25, 0.3) is 0 Å². The van der Waals surface area contributed by atoms with Crippen LogP contribution in [0, 0.1) is 5.82 Å². The summed E-state index contributed by atoms with van der Waals surface area (Å²) < 4.78 is 47.1. The van der Waals surface area contributed by atoms with Crippen LogP contribution in [0.5, 0.6) is 11.5 Å². The first-order chi connectivity index (χ1) is 18.3. The number of anilines is 1. The first-order valence-corrected chi connectivity index (χ1v) is 14.6. The van der Waals surface area contributed by atoms with Crippen molar-refractivity contribution in [2.45, 2.75) is 31.8 Å². The Morgan fingerprint density at radius 1 is 1.13 bits per heavy atom. The second-order valence-electron chi connectivity index (χ2n) is 9.31. The molecule has 1 aliphatic heterocycles. The van der Waals surface area contributed by atoms with Gasteiger partial charge < -0.3 is 15.4 Å². The highest BCUT2D eigenvalue weighted by Gasteiger charge is 2.28. The van der Waals surface area contributed by atoms with Crippen LogP contribution in [0.25, 0.3) is 20.8 Å². The Hall–Kier alpha value is -3.61. The summed E-state index contributed by atoms with van der Waals surface area (Å²) in [6, 6.07) is 11.4. The van der Waals surface area contributed by atoms with Crippen LogP contribution in [0.15, 0.2) is 54.9 Å². The molecule has 0 radical (unpaired) electrons. The van der Waals surface area contributed by atoms with Gasteiger partial charge in [-0.2, -0.15) is 4.31 Å². The Balaban J connectivity index is 1.18. The molecule has 0 spiro atoms. The molecule has 1 aliphatic carbocycles. The van der Waals surface area contributed by atoms with Crippen LogP contribution in [0.4, 0.5) is 14.9 Å². The van der Waals surface area contributed by atoms with Gasteiger partial charge in [0.05, 0.1) is 26.5 Å². The maximum absolute atomic E-state index is 14.8. The standard InChI is InChI=1S/C26H24FN5O4S2/c27-19-12-18(31-26(33)30-17-3-4-17)5-7-22(19)36-23-8-9-28-21-13-24(37-25(21)23)20-6-2-16(14-29-20)15-32-10-1-11-38(32,34)35/h2,5-9,12-14,17H,1,3-4,10-11,15H2,(H2,30,31,33). The highest BCUT2D eigenvalue weighted by atomic mass is 32.2. The number of carbonyl (C=O) groups is 1. The van der Waals surface area contributed by atoms with Crippen molar-refractivity contribution in [2.75, 3.05) is 17.6 Å². The number of sulfonamides is 1. The summed E-state index contributed by atoms with van der Waals surface area (Å²) in [6.45, 7) is 0.844. The zero-order valence-electron chi connectivity index (χ0n) is 20.2. The predicted octanol–water partition coefficient (Wildman–Crippen LogP) is 5.11. The highest BCUT2D eigenvalue weighted by molar-refractivity contribution is 7.89. The Labute approximate surface area is 222 Å². The third-order valence-electron chi connectivity index (χ3n) is 6.34. The molecule has 0 unspecified atom stereocenters. The van der Waals surface area contributed by atoms with Gasteiger partial charge in [0.2, 0.25) is 10.0 Å². The monoisotopic (exact) mass is 553 g/mol. The average molecular weight is 554 g/mol. The third kappa shape index (κ3) is 5.33. The smallest absolute Gasteiger partial charge is 0.319 e. The van der Waals surface area contributed by atoms with Gasteiger partial charge in [-0.3, -0.25) is 9.97 Å². The molecule has 9 nitrogen and oxygen atoms in total. The van der Waals surface area contributed by atoms with Gasteiger partial charge in [0, 0.05) is 49.3 Å². The number of pyridine rings is 2. The van der Waals surface area contributed by atoms with Gasteiger partial charge in [-0.1, -0.05) is 6.07 Å². The summed E-state index contributed by atoms with van der Waals surface area (Å²) in [5, 5.41) is 5.42. The molecule has 2 fully saturated rings. The van der Waals surface area contributed by atoms with Gasteiger partial charge in [0.15, 0.2) is 11.6 Å². The van der Waals surface area contributed by atoms with Crippen molar-refractivity contribution >= 4 is 43.3 Å². The lowest BCUT2D eigenvalue weighted by Gasteiger charge is -2.13. The molecule has 0 bridgehead atoms. The van der Waals surface area contributed by atoms with Crippen molar-refractivity contribution in [1.29, 1.82) is 0 Å². The number of hydrogen-bond donors (Lipinski definition) is 2. The lowest BCUT2D eigenvalue weighted by Crippen LogP contribution is -2.30. The van der Waals surface area contributed by atoms with Gasteiger partial charge in [-0.25, -0.2) is 17.6 Å². The first-order valence-electron chi connectivity index (χ1n) is 12.2. The zero-order chi connectivity index (χ0) is 26.3. The number of benzene rings is 1. The summed E-state index contributed by atoms with van der Waals surface area (Å²) in [5.41, 5.74) is 2.56. The molecule has 1 saturated heterocycles. The summed E-state index contributed by atoms with van der Waals surface area (Å²) in [4.78, 5) is 21.7. The van der Waals surface area contributed by atoms with Crippen LogP contribution in [0.3, 0.4) is 0 Å². The molecule has 38 heavy (non-hydrogen) atoms. The minimum absolute atomic E-state index is 0.0277. The number of halogens is 1. The first kappa shape index (κ1) is 24.7. The van der Waals surface area contributed by atoms with Gasteiger partial charge >= 0.3 is 6.03 Å². The number of nitrogens with one attached hydrogen (secondary N) is 2. The Kier molecular flexibility index (Phi) is 6.46. The number of fused-ring (bicyclic) bond motifs is 1. The lowest BCUT2D eigenvalue weighted by molar-refractivity contribution is 0.251. The number of urea groups is 1.